The number of carbonyl (C=O) groups excluding carboxylic acids is 2. The molecule has 0 saturated carbocycles. The first kappa shape index (κ1) is 22.0. The largest absolute Gasteiger partial charge is 0.480 e. The highest BCUT2D eigenvalue weighted by Crippen LogP contribution is 2.07. The van der Waals surface area contributed by atoms with Crippen molar-refractivity contribution >= 4 is 18.2 Å². The number of rotatable bonds is 7. The molecule has 0 aliphatic rings. The van der Waals surface area contributed by atoms with Gasteiger partial charge in [0.05, 0.1) is 6.10 Å². The Morgan fingerprint density at radius 1 is 0.875 bits per heavy atom. The fourth-order valence-corrected chi connectivity index (χ4v) is 1.40. The summed E-state index contributed by atoms with van der Waals surface area (Å²) in [6.07, 6.45) is -2.08. The van der Waals surface area contributed by atoms with E-state index in [4.69, 9.17) is 19.3 Å². The Balaban J connectivity index is 4.44. The van der Waals surface area contributed by atoms with E-state index in [0.29, 0.717) is 0 Å². The van der Waals surface area contributed by atoms with E-state index < -0.39 is 42.1 Å². The van der Waals surface area contributed by atoms with E-state index in [1.807, 2.05) is 0 Å². The van der Waals surface area contributed by atoms with Crippen LogP contribution in [-0.4, -0.2) is 60.3 Å². The molecule has 2 amide bonds. The fourth-order valence-electron chi connectivity index (χ4n) is 1.40. The normalized spacial score (nSPS) is 11.8. The van der Waals surface area contributed by atoms with Crippen LogP contribution in [0.3, 0.4) is 0 Å². The maximum absolute atomic E-state index is 11.6. The number of carbonyl (C=O) groups is 3. The van der Waals surface area contributed by atoms with E-state index in [1.165, 1.54) is 0 Å². The van der Waals surface area contributed by atoms with E-state index in [2.05, 4.69) is 10.6 Å². The highest BCUT2D eigenvalue weighted by molar-refractivity contribution is 5.69. The summed E-state index contributed by atoms with van der Waals surface area (Å²) in [4.78, 5) is 33.8. The van der Waals surface area contributed by atoms with E-state index in [0.717, 1.165) is 0 Å². The van der Waals surface area contributed by atoms with Gasteiger partial charge in [-0.2, -0.15) is 0 Å². The molecule has 0 atom stereocenters. The van der Waals surface area contributed by atoms with Crippen molar-refractivity contribution in [1.82, 2.24) is 10.6 Å². The molecule has 0 bridgehead atoms. The van der Waals surface area contributed by atoms with Gasteiger partial charge in [-0.3, -0.25) is 0 Å². The van der Waals surface area contributed by atoms with Crippen molar-refractivity contribution in [3.05, 3.63) is 0 Å². The summed E-state index contributed by atoms with van der Waals surface area (Å²) in [5.74, 6) is -1.16. The van der Waals surface area contributed by atoms with Crippen LogP contribution in [0.5, 0.6) is 0 Å². The number of carboxylic acid groups (broad SMARTS) is 1. The minimum atomic E-state index is -1.16. The molecule has 0 unspecified atom stereocenters. The van der Waals surface area contributed by atoms with Crippen molar-refractivity contribution in [3.8, 4) is 0 Å². The number of amides is 2. The quantitative estimate of drug-likeness (QED) is 0.637. The van der Waals surface area contributed by atoms with Gasteiger partial charge in [0.2, 0.25) is 0 Å². The number of aliphatic carboxylic acids is 1. The molecule has 0 aliphatic heterocycles. The first-order valence-corrected chi connectivity index (χ1v) is 7.55. The van der Waals surface area contributed by atoms with Gasteiger partial charge in [0.25, 0.3) is 0 Å². The molecule has 0 spiro atoms. The molecule has 0 radical (unpaired) electrons. The zero-order valence-corrected chi connectivity index (χ0v) is 15.1. The number of nitrogens with one attached hydrogen (secondary N) is 2. The van der Waals surface area contributed by atoms with E-state index in [-0.39, 0.29) is 13.1 Å². The van der Waals surface area contributed by atoms with Gasteiger partial charge in [-0.15, -0.1) is 0 Å². The molecule has 140 valence electrons. The summed E-state index contributed by atoms with van der Waals surface area (Å²) in [7, 11) is 0. The molecular weight excluding hydrogens is 320 g/mol. The third-order valence-electron chi connectivity index (χ3n) is 2.19. The Labute approximate surface area is 142 Å². The van der Waals surface area contributed by atoms with Gasteiger partial charge in [0, 0.05) is 13.1 Å². The van der Waals surface area contributed by atoms with Crippen LogP contribution in [0.25, 0.3) is 0 Å². The summed E-state index contributed by atoms with van der Waals surface area (Å²) in [6.45, 7) is 9.69. The standard InChI is InChI=1S/C15H28N2O7/c1-14(2,3)23-12(20)16-7-10(22-9-11(18)19)8-17-13(21)24-15(4,5)6/h10H,7-9H2,1-6H3,(H,16,20)(H,17,21)(H,18,19). The zero-order chi connectivity index (χ0) is 19.0. The van der Waals surface area contributed by atoms with Crippen LogP contribution in [-0.2, 0) is 19.0 Å². The molecule has 3 N–H and O–H groups in total. The van der Waals surface area contributed by atoms with Gasteiger partial charge >= 0.3 is 18.2 Å². The third kappa shape index (κ3) is 13.6. The Kier molecular flexibility index (Phi) is 8.52. The first-order chi connectivity index (χ1) is 10.8. The van der Waals surface area contributed by atoms with E-state index >= 15 is 0 Å². The maximum Gasteiger partial charge on any atom is 0.407 e. The van der Waals surface area contributed by atoms with Crippen molar-refractivity contribution in [3.63, 3.8) is 0 Å². The highest BCUT2D eigenvalue weighted by Gasteiger charge is 2.20. The van der Waals surface area contributed by atoms with Crippen LogP contribution >= 0.6 is 0 Å². The van der Waals surface area contributed by atoms with E-state index in [9.17, 15) is 14.4 Å². The lowest BCUT2D eigenvalue weighted by molar-refractivity contribution is -0.144. The van der Waals surface area contributed by atoms with Crippen molar-refractivity contribution in [1.29, 1.82) is 0 Å². The molecule has 9 nitrogen and oxygen atoms in total. The summed E-state index contributed by atoms with van der Waals surface area (Å²) in [6, 6.07) is 0. The number of carboxylic acids is 1. The number of hydrogen-bond acceptors (Lipinski definition) is 6. The number of alkyl carbamates (subject to hydrolysis) is 2. The average molecular weight is 348 g/mol. The molecule has 0 rings (SSSR count). The Hall–Kier alpha value is -2.03. The first-order valence-electron chi connectivity index (χ1n) is 7.55. The summed E-state index contributed by atoms with van der Waals surface area (Å²) in [5, 5.41) is 13.6. The summed E-state index contributed by atoms with van der Waals surface area (Å²) < 4.78 is 15.3. The summed E-state index contributed by atoms with van der Waals surface area (Å²) >= 11 is 0. The van der Waals surface area contributed by atoms with Crippen molar-refractivity contribution < 1.29 is 33.7 Å². The van der Waals surface area contributed by atoms with Crippen LogP contribution in [0.1, 0.15) is 41.5 Å². The van der Waals surface area contributed by atoms with Crippen LogP contribution in [0, 0.1) is 0 Å². The number of hydrogen-bond donors (Lipinski definition) is 3. The maximum atomic E-state index is 11.6. The summed E-state index contributed by atoms with van der Waals surface area (Å²) in [5.41, 5.74) is -1.31. The minimum absolute atomic E-state index is 0.0298. The second-order valence-corrected chi connectivity index (χ2v) is 7.09. The van der Waals surface area contributed by atoms with Crippen LogP contribution < -0.4 is 10.6 Å². The Morgan fingerprint density at radius 2 is 1.25 bits per heavy atom. The highest BCUT2D eigenvalue weighted by atomic mass is 16.6. The van der Waals surface area contributed by atoms with Gasteiger partial charge in [-0.25, -0.2) is 14.4 Å². The van der Waals surface area contributed by atoms with Gasteiger partial charge < -0.3 is 30.0 Å². The van der Waals surface area contributed by atoms with E-state index in [1.54, 1.807) is 41.5 Å². The van der Waals surface area contributed by atoms with Gasteiger partial charge in [-0.05, 0) is 41.5 Å². The van der Waals surface area contributed by atoms with Gasteiger partial charge in [-0.1, -0.05) is 0 Å². The van der Waals surface area contributed by atoms with Crippen LogP contribution in [0.15, 0.2) is 0 Å². The molecule has 24 heavy (non-hydrogen) atoms. The van der Waals surface area contributed by atoms with Crippen LogP contribution in [0.2, 0.25) is 0 Å². The second kappa shape index (κ2) is 9.31. The SMILES string of the molecule is CC(C)(C)OC(=O)NCC(CNC(=O)OC(C)(C)C)OCC(=O)O. The van der Waals surface area contributed by atoms with Crippen molar-refractivity contribution in [2.75, 3.05) is 19.7 Å². The molecule has 0 aromatic rings. The predicted molar refractivity (Wildman–Crippen MR) is 85.8 cm³/mol. The lowest BCUT2D eigenvalue weighted by Crippen LogP contribution is -2.44. The minimum Gasteiger partial charge on any atom is -0.480 e. The second-order valence-electron chi connectivity index (χ2n) is 7.09. The molecule has 0 saturated heterocycles. The molecule has 0 aromatic carbocycles. The smallest absolute Gasteiger partial charge is 0.407 e. The molecule has 0 heterocycles. The molecule has 0 aliphatic carbocycles. The predicted octanol–water partition coefficient (Wildman–Crippen LogP) is 1.51. The Morgan fingerprint density at radius 3 is 1.54 bits per heavy atom. The molecule has 0 aromatic heterocycles. The van der Waals surface area contributed by atoms with Crippen LogP contribution in [0.4, 0.5) is 9.59 Å². The van der Waals surface area contributed by atoms with Crippen molar-refractivity contribution in [2.45, 2.75) is 58.8 Å². The molecular formula is C15H28N2O7. The molecule has 9 heteroatoms. The lowest BCUT2D eigenvalue weighted by atomic mass is 10.2. The number of ether oxygens (including phenoxy) is 3. The average Bonchev–Trinajstić information content (AvgIpc) is 2.33. The lowest BCUT2D eigenvalue weighted by Gasteiger charge is -2.23. The monoisotopic (exact) mass is 348 g/mol. The third-order valence-corrected chi connectivity index (χ3v) is 2.19. The van der Waals surface area contributed by atoms with Crippen molar-refractivity contribution in [2.24, 2.45) is 0 Å². The van der Waals surface area contributed by atoms with Gasteiger partial charge in [0.15, 0.2) is 0 Å². The fraction of sp³-hybridized carbons (Fsp3) is 0.800. The zero-order valence-electron chi connectivity index (χ0n) is 15.1. The van der Waals surface area contributed by atoms with Gasteiger partial charge in [0.1, 0.15) is 17.8 Å². The topological polar surface area (TPSA) is 123 Å². The molecule has 0 fully saturated rings. The Bertz CT molecular complexity index is 406.